The maximum atomic E-state index is 11.3. The molecule has 1 N–H and O–H groups in total. The first kappa shape index (κ1) is 13.4. The van der Waals surface area contributed by atoms with Crippen molar-refractivity contribution >= 4 is 27.6 Å². The van der Waals surface area contributed by atoms with Crippen molar-refractivity contribution in [1.82, 2.24) is 0 Å². The second-order valence-electron chi connectivity index (χ2n) is 3.36. The van der Waals surface area contributed by atoms with Crippen molar-refractivity contribution in [3.8, 4) is 5.75 Å². The number of phenolic OH excluding ortho intramolecular Hbond substituents is 1. The fourth-order valence-corrected chi connectivity index (χ4v) is 1.84. The molecular formula is C10H10BrNO5. The van der Waals surface area contributed by atoms with Gasteiger partial charge in [0.2, 0.25) is 0 Å². The number of benzene rings is 1. The van der Waals surface area contributed by atoms with E-state index in [0.717, 1.165) is 0 Å². The highest BCUT2D eigenvalue weighted by atomic mass is 79.9. The van der Waals surface area contributed by atoms with Gasteiger partial charge in [-0.15, -0.1) is 0 Å². The Morgan fingerprint density at radius 1 is 1.59 bits per heavy atom. The topological polar surface area (TPSA) is 89.7 Å². The largest absolute Gasteiger partial charge is 0.502 e. The third-order valence-corrected chi connectivity index (χ3v) is 2.76. The lowest BCUT2D eigenvalue weighted by Gasteiger charge is -2.11. The Kier molecular flexibility index (Phi) is 4.06. The lowest BCUT2D eigenvalue weighted by molar-refractivity contribution is -0.386. The fourth-order valence-electron chi connectivity index (χ4n) is 1.38. The van der Waals surface area contributed by atoms with Crippen molar-refractivity contribution in [1.29, 1.82) is 0 Å². The zero-order chi connectivity index (χ0) is 13.2. The van der Waals surface area contributed by atoms with Crippen LogP contribution in [0.15, 0.2) is 16.6 Å². The molecule has 0 amide bonds. The molecule has 0 aliphatic carbocycles. The minimum absolute atomic E-state index is 0.151. The average molecular weight is 304 g/mol. The van der Waals surface area contributed by atoms with Gasteiger partial charge in [-0.05, 0) is 13.0 Å². The Labute approximate surface area is 105 Å². The molecule has 1 unspecified atom stereocenters. The number of aromatic hydroxyl groups is 1. The number of halogens is 1. The Morgan fingerprint density at radius 3 is 2.65 bits per heavy atom. The van der Waals surface area contributed by atoms with Gasteiger partial charge in [0.05, 0.1) is 18.0 Å². The summed E-state index contributed by atoms with van der Waals surface area (Å²) < 4.78 is 4.94. The van der Waals surface area contributed by atoms with Crippen LogP contribution in [0.3, 0.4) is 0 Å². The number of phenols is 1. The van der Waals surface area contributed by atoms with E-state index in [1.54, 1.807) is 0 Å². The maximum Gasteiger partial charge on any atom is 0.312 e. The van der Waals surface area contributed by atoms with Crippen LogP contribution in [0.5, 0.6) is 5.75 Å². The molecule has 0 fully saturated rings. The first-order chi connectivity index (χ1) is 7.88. The van der Waals surface area contributed by atoms with Gasteiger partial charge in [-0.2, -0.15) is 0 Å². The van der Waals surface area contributed by atoms with Crippen LogP contribution in [0.1, 0.15) is 18.4 Å². The standard InChI is InChI=1S/C10H10BrNO5/c1-5(10(14)17-2)7-3-6(11)4-8(9(7)13)12(15)16/h3-5,13H,1-2H3. The summed E-state index contributed by atoms with van der Waals surface area (Å²) in [6.07, 6.45) is 0. The van der Waals surface area contributed by atoms with Crippen LogP contribution in [-0.2, 0) is 9.53 Å². The van der Waals surface area contributed by atoms with Gasteiger partial charge in [-0.25, -0.2) is 0 Å². The third-order valence-electron chi connectivity index (χ3n) is 2.30. The Morgan fingerprint density at radius 2 is 2.18 bits per heavy atom. The number of hydrogen-bond donors (Lipinski definition) is 1. The number of nitro groups is 1. The van der Waals surface area contributed by atoms with Crippen molar-refractivity contribution in [2.24, 2.45) is 0 Å². The van der Waals surface area contributed by atoms with Crippen LogP contribution in [0.4, 0.5) is 5.69 Å². The molecule has 0 heterocycles. The molecule has 1 atom stereocenters. The zero-order valence-electron chi connectivity index (χ0n) is 9.14. The highest BCUT2D eigenvalue weighted by molar-refractivity contribution is 9.10. The number of carbonyl (C=O) groups excluding carboxylic acids is 1. The number of carbonyl (C=O) groups is 1. The zero-order valence-corrected chi connectivity index (χ0v) is 10.7. The van der Waals surface area contributed by atoms with Gasteiger partial charge in [0.1, 0.15) is 0 Å². The number of rotatable bonds is 3. The molecule has 92 valence electrons. The summed E-state index contributed by atoms with van der Waals surface area (Å²) in [7, 11) is 1.21. The lowest BCUT2D eigenvalue weighted by Crippen LogP contribution is -2.11. The van der Waals surface area contributed by atoms with Crippen molar-refractivity contribution in [2.75, 3.05) is 7.11 Å². The minimum Gasteiger partial charge on any atom is -0.502 e. The predicted octanol–water partition coefficient (Wildman–Crippen LogP) is 2.34. The number of esters is 1. The molecule has 7 heteroatoms. The molecule has 6 nitrogen and oxygen atoms in total. The van der Waals surface area contributed by atoms with Crippen molar-refractivity contribution in [2.45, 2.75) is 12.8 Å². The summed E-state index contributed by atoms with van der Waals surface area (Å²) in [5.41, 5.74) is -0.303. The summed E-state index contributed by atoms with van der Waals surface area (Å²) in [6, 6.07) is 2.62. The Hall–Kier alpha value is -1.63. The molecule has 0 spiro atoms. The molecule has 0 radical (unpaired) electrons. The molecule has 1 aromatic carbocycles. The van der Waals surface area contributed by atoms with Gasteiger partial charge in [-0.1, -0.05) is 15.9 Å². The summed E-state index contributed by atoms with van der Waals surface area (Å²) in [5, 5.41) is 20.4. The lowest BCUT2D eigenvalue weighted by atomic mass is 9.99. The predicted molar refractivity (Wildman–Crippen MR) is 62.9 cm³/mol. The van der Waals surface area contributed by atoms with Crippen LogP contribution in [-0.4, -0.2) is 23.1 Å². The van der Waals surface area contributed by atoms with Gasteiger partial charge >= 0.3 is 11.7 Å². The van der Waals surface area contributed by atoms with Crippen LogP contribution < -0.4 is 0 Å². The molecule has 0 aromatic heterocycles. The summed E-state index contributed by atoms with van der Waals surface area (Å²) >= 11 is 3.09. The van der Waals surface area contributed by atoms with Gasteiger partial charge < -0.3 is 9.84 Å². The van der Waals surface area contributed by atoms with Crippen LogP contribution >= 0.6 is 15.9 Å². The molecular weight excluding hydrogens is 294 g/mol. The van der Waals surface area contributed by atoms with Crippen molar-refractivity contribution in [3.63, 3.8) is 0 Å². The number of ether oxygens (including phenoxy) is 1. The van der Waals surface area contributed by atoms with E-state index in [9.17, 15) is 20.0 Å². The number of methoxy groups -OCH3 is 1. The molecule has 0 aliphatic heterocycles. The van der Waals surface area contributed by atoms with Crippen molar-refractivity contribution < 1.29 is 19.6 Å². The smallest absolute Gasteiger partial charge is 0.312 e. The molecule has 0 saturated carbocycles. The molecule has 1 rings (SSSR count). The van der Waals surface area contributed by atoms with Crippen molar-refractivity contribution in [3.05, 3.63) is 32.3 Å². The molecule has 17 heavy (non-hydrogen) atoms. The number of nitro benzene ring substituents is 1. The van der Waals surface area contributed by atoms with E-state index in [0.29, 0.717) is 4.47 Å². The van der Waals surface area contributed by atoms with Gasteiger partial charge in [0, 0.05) is 16.1 Å². The van der Waals surface area contributed by atoms with E-state index < -0.39 is 28.2 Å². The second kappa shape index (κ2) is 5.13. The van der Waals surface area contributed by atoms with E-state index in [-0.39, 0.29) is 5.56 Å². The highest BCUT2D eigenvalue weighted by Crippen LogP contribution is 2.37. The van der Waals surface area contributed by atoms with Gasteiger partial charge in [0.15, 0.2) is 5.75 Å². The van der Waals surface area contributed by atoms with E-state index in [1.807, 2.05) is 0 Å². The average Bonchev–Trinajstić information content (AvgIpc) is 2.29. The van der Waals surface area contributed by atoms with E-state index in [2.05, 4.69) is 20.7 Å². The van der Waals surface area contributed by atoms with E-state index in [1.165, 1.54) is 26.2 Å². The Balaban J connectivity index is 3.34. The SMILES string of the molecule is COC(=O)C(C)c1cc(Br)cc([N+](=O)[O-])c1O. The first-order valence-corrected chi connectivity index (χ1v) is 5.42. The third kappa shape index (κ3) is 2.73. The summed E-state index contributed by atoms with van der Waals surface area (Å²) in [6.45, 7) is 1.50. The first-order valence-electron chi connectivity index (χ1n) is 4.63. The fraction of sp³-hybridized carbons (Fsp3) is 0.300. The second-order valence-corrected chi connectivity index (χ2v) is 4.28. The van der Waals surface area contributed by atoms with E-state index in [4.69, 9.17) is 0 Å². The number of hydrogen-bond acceptors (Lipinski definition) is 5. The minimum atomic E-state index is -0.781. The number of nitrogens with zero attached hydrogens (tertiary/aromatic N) is 1. The molecule has 0 aliphatic rings. The quantitative estimate of drug-likeness (QED) is 0.526. The van der Waals surface area contributed by atoms with E-state index >= 15 is 0 Å². The van der Waals surface area contributed by atoms with Crippen LogP contribution in [0.2, 0.25) is 0 Å². The summed E-state index contributed by atoms with van der Waals surface area (Å²) in [4.78, 5) is 21.3. The van der Waals surface area contributed by atoms with Crippen LogP contribution in [0.25, 0.3) is 0 Å². The molecule has 1 aromatic rings. The van der Waals surface area contributed by atoms with Gasteiger partial charge in [-0.3, -0.25) is 14.9 Å². The van der Waals surface area contributed by atoms with Crippen LogP contribution in [0, 0.1) is 10.1 Å². The molecule has 0 bridgehead atoms. The normalized spacial score (nSPS) is 11.9. The highest BCUT2D eigenvalue weighted by Gasteiger charge is 2.26. The molecule has 0 saturated heterocycles. The van der Waals surface area contributed by atoms with Gasteiger partial charge in [0.25, 0.3) is 0 Å². The monoisotopic (exact) mass is 303 g/mol. The summed E-state index contributed by atoms with van der Waals surface area (Å²) in [5.74, 6) is -1.88. The maximum absolute atomic E-state index is 11.3. The Bertz CT molecular complexity index is 474.